The zero-order valence-electron chi connectivity index (χ0n) is 13.3. The van der Waals surface area contributed by atoms with Crippen LogP contribution in [0.25, 0.3) is 0 Å². The van der Waals surface area contributed by atoms with Gasteiger partial charge in [-0.2, -0.15) is 10.2 Å². The second kappa shape index (κ2) is 7.66. The molecule has 0 spiro atoms. The second-order valence-electron chi connectivity index (χ2n) is 5.09. The molecule has 1 aromatic heterocycles. The van der Waals surface area contributed by atoms with E-state index in [0.717, 1.165) is 30.0 Å². The number of aryl methyl sites for hydroxylation is 2. The summed E-state index contributed by atoms with van der Waals surface area (Å²) in [6, 6.07) is 9.60. The van der Waals surface area contributed by atoms with E-state index in [9.17, 15) is 4.79 Å². The number of nitrogens with zero attached hydrogens (tertiary/aromatic N) is 2. The number of carbonyl (C=O) groups excluding carboxylic acids is 1. The Labute approximate surface area is 131 Å². The Balaban J connectivity index is 2.24. The maximum Gasteiger partial charge on any atom is 0.257 e. The third kappa shape index (κ3) is 3.89. The van der Waals surface area contributed by atoms with Gasteiger partial charge >= 0.3 is 0 Å². The Morgan fingerprint density at radius 2 is 1.95 bits per heavy atom. The van der Waals surface area contributed by atoms with Gasteiger partial charge in [-0.25, -0.2) is 0 Å². The van der Waals surface area contributed by atoms with Gasteiger partial charge in [0.2, 0.25) is 0 Å². The zero-order chi connectivity index (χ0) is 15.9. The molecule has 0 aliphatic rings. The van der Waals surface area contributed by atoms with Crippen molar-refractivity contribution in [2.45, 2.75) is 33.7 Å². The molecule has 0 unspecified atom stereocenters. The molecule has 0 aliphatic carbocycles. The molecular formula is C17H22N4O. The number of aromatic nitrogens is 2. The molecule has 0 aliphatic heterocycles. The number of rotatable bonds is 6. The van der Waals surface area contributed by atoms with Gasteiger partial charge in [0.15, 0.2) is 0 Å². The lowest BCUT2D eigenvalue weighted by Crippen LogP contribution is -2.19. The molecule has 1 heterocycles. The Hall–Kier alpha value is -2.27. The van der Waals surface area contributed by atoms with Gasteiger partial charge in [0.1, 0.15) is 0 Å². The number of hydrogen-bond donors (Lipinski definition) is 2. The Bertz CT molecular complexity index is 655. The number of anilines is 1. The van der Waals surface area contributed by atoms with Gasteiger partial charge in [-0.3, -0.25) is 4.79 Å². The van der Waals surface area contributed by atoms with Crippen molar-refractivity contribution in [3.63, 3.8) is 0 Å². The largest absolute Gasteiger partial charge is 0.322 e. The number of para-hydroxylation sites is 1. The van der Waals surface area contributed by atoms with Crippen LogP contribution in [0.4, 0.5) is 5.69 Å². The summed E-state index contributed by atoms with van der Waals surface area (Å²) in [7, 11) is 0. The van der Waals surface area contributed by atoms with Crippen LogP contribution in [0, 0.1) is 6.92 Å². The van der Waals surface area contributed by atoms with Crippen LogP contribution in [0.5, 0.6) is 0 Å². The molecule has 5 heteroatoms. The summed E-state index contributed by atoms with van der Waals surface area (Å²) in [4.78, 5) is 12.6. The molecule has 0 atom stereocenters. The number of benzene rings is 1. The lowest BCUT2D eigenvalue weighted by Gasteiger charge is -2.12. The molecule has 0 saturated carbocycles. The van der Waals surface area contributed by atoms with Crippen LogP contribution in [0.1, 0.15) is 41.2 Å². The van der Waals surface area contributed by atoms with Gasteiger partial charge in [-0.15, -0.1) is 0 Å². The Kier molecular flexibility index (Phi) is 5.61. The summed E-state index contributed by atoms with van der Waals surface area (Å²) in [6.45, 7) is 7.47. The van der Waals surface area contributed by atoms with Gasteiger partial charge in [0.25, 0.3) is 5.91 Å². The molecule has 1 amide bonds. The predicted molar refractivity (Wildman–Crippen MR) is 87.9 cm³/mol. The molecule has 5 nitrogen and oxygen atoms in total. The quantitative estimate of drug-likeness (QED) is 0.860. The lowest BCUT2D eigenvalue weighted by molar-refractivity contribution is 0.102. The Morgan fingerprint density at radius 3 is 2.68 bits per heavy atom. The highest BCUT2D eigenvalue weighted by Crippen LogP contribution is 2.17. The number of carbonyl (C=O) groups is 1. The van der Waals surface area contributed by atoms with Crippen LogP contribution < -0.4 is 10.6 Å². The number of hydrogen-bond acceptors (Lipinski definition) is 4. The van der Waals surface area contributed by atoms with E-state index in [1.807, 2.05) is 38.1 Å². The van der Waals surface area contributed by atoms with Crippen LogP contribution in [0.2, 0.25) is 0 Å². The van der Waals surface area contributed by atoms with E-state index in [1.165, 1.54) is 0 Å². The van der Waals surface area contributed by atoms with Crippen LogP contribution in [-0.4, -0.2) is 22.6 Å². The van der Waals surface area contributed by atoms with Gasteiger partial charge in [0.05, 0.1) is 17.0 Å². The van der Waals surface area contributed by atoms with Crippen molar-refractivity contribution in [2.24, 2.45) is 0 Å². The van der Waals surface area contributed by atoms with Crippen LogP contribution in [0.3, 0.4) is 0 Å². The van der Waals surface area contributed by atoms with Crippen LogP contribution >= 0.6 is 0 Å². The van der Waals surface area contributed by atoms with E-state index >= 15 is 0 Å². The number of nitrogens with one attached hydrogen (secondary N) is 2. The molecular weight excluding hydrogens is 276 g/mol. The van der Waals surface area contributed by atoms with Crippen molar-refractivity contribution in [1.29, 1.82) is 0 Å². The number of amides is 1. The minimum Gasteiger partial charge on any atom is -0.322 e. The summed E-state index contributed by atoms with van der Waals surface area (Å²) in [5.74, 6) is -0.140. The van der Waals surface area contributed by atoms with Crippen molar-refractivity contribution >= 4 is 11.6 Å². The fraction of sp³-hybridized carbons (Fsp3) is 0.353. The summed E-state index contributed by atoms with van der Waals surface area (Å²) < 4.78 is 0. The highest BCUT2D eigenvalue weighted by Gasteiger charge is 2.14. The van der Waals surface area contributed by atoms with Crippen LogP contribution in [0.15, 0.2) is 30.3 Å². The first-order valence-electron chi connectivity index (χ1n) is 7.58. The summed E-state index contributed by atoms with van der Waals surface area (Å²) in [5.41, 5.74) is 3.93. The van der Waals surface area contributed by atoms with E-state index in [1.54, 1.807) is 6.07 Å². The molecule has 116 valence electrons. The lowest BCUT2D eigenvalue weighted by atomic mass is 10.1. The van der Waals surface area contributed by atoms with Crippen LogP contribution in [-0.2, 0) is 13.0 Å². The topological polar surface area (TPSA) is 66.9 Å². The predicted octanol–water partition coefficient (Wildman–Crippen LogP) is 2.71. The molecule has 2 aromatic rings. The van der Waals surface area contributed by atoms with Gasteiger partial charge < -0.3 is 10.6 Å². The fourth-order valence-corrected chi connectivity index (χ4v) is 2.22. The molecule has 2 N–H and O–H groups in total. The standard InChI is InChI=1S/C17H22N4O/c1-4-15-14(10-12(3)20-21-15)17(22)19-16-9-7-6-8-13(16)11-18-5-2/h6-10,18H,4-5,11H2,1-3H3,(H,19,22). The molecule has 2 rings (SSSR count). The Morgan fingerprint density at radius 1 is 1.18 bits per heavy atom. The first-order valence-corrected chi connectivity index (χ1v) is 7.58. The second-order valence-corrected chi connectivity index (χ2v) is 5.09. The maximum atomic E-state index is 12.6. The first kappa shape index (κ1) is 16.1. The van der Waals surface area contributed by atoms with Crippen molar-refractivity contribution in [2.75, 3.05) is 11.9 Å². The van der Waals surface area contributed by atoms with E-state index in [0.29, 0.717) is 17.7 Å². The minimum atomic E-state index is -0.140. The molecule has 1 aromatic carbocycles. The van der Waals surface area contributed by atoms with Gasteiger partial charge in [0, 0.05) is 12.2 Å². The van der Waals surface area contributed by atoms with Crippen molar-refractivity contribution in [3.8, 4) is 0 Å². The molecule has 0 fully saturated rings. The summed E-state index contributed by atoms with van der Waals surface area (Å²) in [5, 5.41) is 14.4. The van der Waals surface area contributed by atoms with Gasteiger partial charge in [-0.1, -0.05) is 32.0 Å². The highest BCUT2D eigenvalue weighted by molar-refractivity contribution is 6.05. The average Bonchev–Trinajstić information content (AvgIpc) is 2.54. The average molecular weight is 298 g/mol. The third-order valence-corrected chi connectivity index (χ3v) is 3.40. The molecule has 0 bridgehead atoms. The fourth-order valence-electron chi connectivity index (χ4n) is 2.22. The molecule has 0 radical (unpaired) electrons. The normalized spacial score (nSPS) is 10.5. The molecule has 22 heavy (non-hydrogen) atoms. The maximum absolute atomic E-state index is 12.6. The summed E-state index contributed by atoms with van der Waals surface area (Å²) >= 11 is 0. The SMILES string of the molecule is CCNCc1ccccc1NC(=O)c1cc(C)nnc1CC. The smallest absolute Gasteiger partial charge is 0.257 e. The summed E-state index contributed by atoms with van der Waals surface area (Å²) in [6.07, 6.45) is 0.676. The monoisotopic (exact) mass is 298 g/mol. The van der Waals surface area contributed by atoms with E-state index in [2.05, 4.69) is 27.8 Å². The third-order valence-electron chi connectivity index (χ3n) is 3.40. The van der Waals surface area contributed by atoms with Gasteiger partial charge in [-0.05, 0) is 37.6 Å². The van der Waals surface area contributed by atoms with Crippen molar-refractivity contribution in [3.05, 3.63) is 52.8 Å². The first-order chi connectivity index (χ1) is 10.7. The van der Waals surface area contributed by atoms with E-state index in [-0.39, 0.29) is 5.91 Å². The van der Waals surface area contributed by atoms with E-state index in [4.69, 9.17) is 0 Å². The zero-order valence-corrected chi connectivity index (χ0v) is 13.3. The van der Waals surface area contributed by atoms with E-state index < -0.39 is 0 Å². The minimum absolute atomic E-state index is 0.140. The highest BCUT2D eigenvalue weighted by atomic mass is 16.1. The van der Waals surface area contributed by atoms with Crippen molar-refractivity contribution in [1.82, 2.24) is 15.5 Å². The van der Waals surface area contributed by atoms with Crippen molar-refractivity contribution < 1.29 is 4.79 Å². The molecule has 0 saturated heterocycles.